The Bertz CT molecular complexity index is 529. The summed E-state index contributed by atoms with van der Waals surface area (Å²) >= 11 is 0. The highest BCUT2D eigenvalue weighted by Gasteiger charge is 2.42. The number of rotatable bonds is 5. The van der Waals surface area contributed by atoms with Gasteiger partial charge in [-0.3, -0.25) is 14.5 Å². The lowest BCUT2D eigenvalue weighted by molar-refractivity contribution is -0.144. The summed E-state index contributed by atoms with van der Waals surface area (Å²) in [6.45, 7) is 8.34. The smallest absolute Gasteiger partial charge is 0.236 e. The average molecular weight is 381 g/mol. The highest BCUT2D eigenvalue weighted by molar-refractivity contribution is 5.79. The van der Waals surface area contributed by atoms with Gasteiger partial charge in [0.2, 0.25) is 11.8 Å². The summed E-state index contributed by atoms with van der Waals surface area (Å²) in [5.41, 5.74) is 0.0779. The van der Waals surface area contributed by atoms with Crippen molar-refractivity contribution in [2.24, 2.45) is 5.41 Å². The second-order valence-corrected chi connectivity index (χ2v) is 8.66. The van der Waals surface area contributed by atoms with E-state index in [1.54, 1.807) is 7.11 Å². The first kappa shape index (κ1) is 20.6. The van der Waals surface area contributed by atoms with Gasteiger partial charge in [-0.1, -0.05) is 0 Å². The van der Waals surface area contributed by atoms with Gasteiger partial charge in [-0.05, 0) is 45.8 Å². The third-order valence-corrected chi connectivity index (χ3v) is 6.50. The van der Waals surface area contributed by atoms with Crippen LogP contribution in [0.1, 0.15) is 32.1 Å². The number of hydrogen-bond donors (Lipinski definition) is 0. The summed E-state index contributed by atoms with van der Waals surface area (Å²) in [6, 6.07) is 0. The van der Waals surface area contributed by atoms with Gasteiger partial charge in [0, 0.05) is 58.2 Å². The number of hydrogen-bond acceptors (Lipinski definition) is 5. The van der Waals surface area contributed by atoms with Crippen molar-refractivity contribution in [1.82, 2.24) is 19.6 Å². The van der Waals surface area contributed by atoms with Crippen molar-refractivity contribution in [2.45, 2.75) is 32.1 Å². The monoisotopic (exact) mass is 380 g/mol. The van der Waals surface area contributed by atoms with E-state index >= 15 is 0 Å². The van der Waals surface area contributed by atoms with Gasteiger partial charge in [0.1, 0.15) is 0 Å². The topological polar surface area (TPSA) is 56.3 Å². The zero-order chi connectivity index (χ0) is 19.3. The number of carbonyl (C=O) groups excluding carboxylic acids is 2. The van der Waals surface area contributed by atoms with E-state index in [1.807, 2.05) is 4.90 Å². The minimum Gasteiger partial charge on any atom is -0.383 e. The molecule has 2 amide bonds. The molecule has 154 valence electrons. The van der Waals surface area contributed by atoms with Crippen molar-refractivity contribution in [2.75, 3.05) is 79.7 Å². The molecule has 1 atom stereocenters. The van der Waals surface area contributed by atoms with E-state index in [9.17, 15) is 9.59 Å². The highest BCUT2D eigenvalue weighted by atomic mass is 16.5. The molecule has 3 aliphatic heterocycles. The highest BCUT2D eigenvalue weighted by Crippen LogP contribution is 2.38. The van der Waals surface area contributed by atoms with E-state index in [-0.39, 0.29) is 17.2 Å². The van der Waals surface area contributed by atoms with E-state index in [0.29, 0.717) is 26.1 Å². The second kappa shape index (κ2) is 9.34. The van der Waals surface area contributed by atoms with Crippen LogP contribution in [0.25, 0.3) is 0 Å². The van der Waals surface area contributed by atoms with Gasteiger partial charge in [-0.15, -0.1) is 0 Å². The first-order valence-electron chi connectivity index (χ1n) is 10.5. The maximum Gasteiger partial charge on any atom is 0.236 e. The molecule has 0 aromatic rings. The molecule has 0 radical (unpaired) electrons. The quantitative estimate of drug-likeness (QED) is 0.695. The van der Waals surface area contributed by atoms with E-state index in [4.69, 9.17) is 4.74 Å². The number of amides is 2. The average Bonchev–Trinajstić information content (AvgIpc) is 2.87. The molecule has 7 heteroatoms. The fourth-order valence-corrected chi connectivity index (χ4v) is 4.81. The Hall–Kier alpha value is -1.18. The SMILES string of the molecule is COCCN1C[C@]2(CCCN(C(=O)CN3CCCN(C)CC3)C2)CCC1=O. The van der Waals surface area contributed by atoms with Gasteiger partial charge in [0.15, 0.2) is 0 Å². The first-order valence-corrected chi connectivity index (χ1v) is 10.5. The number of carbonyl (C=O) groups is 2. The molecular formula is C20H36N4O3. The van der Waals surface area contributed by atoms with E-state index < -0.39 is 0 Å². The first-order chi connectivity index (χ1) is 13.0. The van der Waals surface area contributed by atoms with Gasteiger partial charge < -0.3 is 19.4 Å². The summed E-state index contributed by atoms with van der Waals surface area (Å²) in [5, 5.41) is 0. The maximum absolute atomic E-state index is 13.0. The number of piperidine rings is 2. The lowest BCUT2D eigenvalue weighted by Crippen LogP contribution is -2.56. The van der Waals surface area contributed by atoms with Crippen molar-refractivity contribution in [3.63, 3.8) is 0 Å². The molecule has 3 heterocycles. The lowest BCUT2D eigenvalue weighted by Gasteiger charge is -2.48. The fourth-order valence-electron chi connectivity index (χ4n) is 4.81. The van der Waals surface area contributed by atoms with Crippen molar-refractivity contribution < 1.29 is 14.3 Å². The Balaban J connectivity index is 1.56. The predicted molar refractivity (Wildman–Crippen MR) is 104 cm³/mol. The number of methoxy groups -OCH3 is 1. The van der Waals surface area contributed by atoms with Gasteiger partial charge >= 0.3 is 0 Å². The summed E-state index contributed by atoms with van der Waals surface area (Å²) < 4.78 is 5.16. The fraction of sp³-hybridized carbons (Fsp3) is 0.900. The van der Waals surface area contributed by atoms with Crippen molar-refractivity contribution in [3.8, 4) is 0 Å². The Morgan fingerprint density at radius 2 is 1.93 bits per heavy atom. The van der Waals surface area contributed by atoms with E-state index in [1.165, 1.54) is 0 Å². The third kappa shape index (κ3) is 5.42. The maximum atomic E-state index is 13.0. The molecule has 0 saturated carbocycles. The Morgan fingerprint density at radius 3 is 2.74 bits per heavy atom. The Labute approximate surface area is 163 Å². The molecule has 0 aromatic heterocycles. The molecule has 3 fully saturated rings. The van der Waals surface area contributed by atoms with Crippen molar-refractivity contribution in [1.29, 1.82) is 0 Å². The van der Waals surface area contributed by atoms with Crippen LogP contribution in [0.4, 0.5) is 0 Å². The molecule has 0 N–H and O–H groups in total. The minimum absolute atomic E-state index is 0.0779. The summed E-state index contributed by atoms with van der Waals surface area (Å²) in [7, 11) is 3.82. The molecule has 3 aliphatic rings. The van der Waals surface area contributed by atoms with Gasteiger partial charge in [0.05, 0.1) is 13.2 Å². The number of likely N-dealkylation sites (N-methyl/N-ethyl adjacent to an activating group) is 1. The lowest BCUT2D eigenvalue weighted by atomic mass is 9.73. The van der Waals surface area contributed by atoms with Crippen LogP contribution < -0.4 is 0 Å². The molecule has 7 nitrogen and oxygen atoms in total. The summed E-state index contributed by atoms with van der Waals surface area (Å²) in [5.74, 6) is 0.494. The Morgan fingerprint density at radius 1 is 1.07 bits per heavy atom. The largest absolute Gasteiger partial charge is 0.383 e. The molecule has 0 unspecified atom stereocenters. The molecule has 27 heavy (non-hydrogen) atoms. The van der Waals surface area contributed by atoms with Gasteiger partial charge in [0.25, 0.3) is 0 Å². The van der Waals surface area contributed by atoms with Crippen LogP contribution in [0.15, 0.2) is 0 Å². The number of likely N-dealkylation sites (tertiary alicyclic amines) is 2. The van der Waals surface area contributed by atoms with Crippen molar-refractivity contribution >= 4 is 11.8 Å². The van der Waals surface area contributed by atoms with Crippen LogP contribution in [-0.2, 0) is 14.3 Å². The van der Waals surface area contributed by atoms with Crippen molar-refractivity contribution in [3.05, 3.63) is 0 Å². The molecule has 0 aliphatic carbocycles. The molecule has 0 bridgehead atoms. The second-order valence-electron chi connectivity index (χ2n) is 8.66. The van der Waals surface area contributed by atoms with E-state index in [0.717, 1.165) is 71.5 Å². The predicted octanol–water partition coefficient (Wildman–Crippen LogP) is 0.502. The zero-order valence-electron chi connectivity index (χ0n) is 17.1. The van der Waals surface area contributed by atoms with Crippen LogP contribution in [0.5, 0.6) is 0 Å². The standard InChI is InChI=1S/C20H36N4O3/c1-21-8-4-9-22(12-11-21)15-19(26)23-10-3-6-20(16-23)7-5-18(25)24(17-20)13-14-27-2/h3-17H2,1-2H3/t20-/m1/s1. The molecule has 1 spiro atoms. The minimum atomic E-state index is 0.0779. The molecule has 3 saturated heterocycles. The van der Waals surface area contributed by atoms with Gasteiger partial charge in [-0.25, -0.2) is 0 Å². The molecular weight excluding hydrogens is 344 g/mol. The van der Waals surface area contributed by atoms with Crippen LogP contribution in [-0.4, -0.2) is 111 Å². The van der Waals surface area contributed by atoms with Crippen LogP contribution >= 0.6 is 0 Å². The summed E-state index contributed by atoms with van der Waals surface area (Å²) in [4.78, 5) is 33.9. The molecule has 0 aromatic carbocycles. The summed E-state index contributed by atoms with van der Waals surface area (Å²) in [6.07, 6.45) is 4.80. The van der Waals surface area contributed by atoms with Crippen LogP contribution in [0.2, 0.25) is 0 Å². The number of ether oxygens (including phenoxy) is 1. The van der Waals surface area contributed by atoms with E-state index in [2.05, 4.69) is 21.7 Å². The van der Waals surface area contributed by atoms with Gasteiger partial charge in [-0.2, -0.15) is 0 Å². The molecule has 3 rings (SSSR count). The Kier molecular flexibility index (Phi) is 7.11. The zero-order valence-corrected chi connectivity index (χ0v) is 17.1. The number of nitrogens with zero attached hydrogens (tertiary/aromatic N) is 4. The van der Waals surface area contributed by atoms with Crippen LogP contribution in [0, 0.1) is 5.41 Å². The normalized spacial score (nSPS) is 28.6. The van der Waals surface area contributed by atoms with Crippen LogP contribution in [0.3, 0.4) is 0 Å². The third-order valence-electron chi connectivity index (χ3n) is 6.50.